The molecule has 3 rings (SSSR count). The molecule has 2 aliphatic rings. The minimum absolute atomic E-state index is 0. The molecule has 1 saturated carbocycles. The van der Waals surface area contributed by atoms with Crippen LogP contribution < -0.4 is 10.6 Å². The van der Waals surface area contributed by atoms with Crippen molar-refractivity contribution in [1.82, 2.24) is 15.5 Å². The van der Waals surface area contributed by atoms with Crippen molar-refractivity contribution in [1.29, 1.82) is 0 Å². The summed E-state index contributed by atoms with van der Waals surface area (Å²) in [6.07, 6.45) is 5.26. The average Bonchev–Trinajstić information content (AvgIpc) is 3.38. The first-order chi connectivity index (χ1) is 10.7. The second kappa shape index (κ2) is 9.22. The Morgan fingerprint density at radius 3 is 2.39 bits per heavy atom. The van der Waals surface area contributed by atoms with E-state index in [2.05, 4.69) is 60.7 Å². The third-order valence-electron chi connectivity index (χ3n) is 4.53. The molecule has 1 aliphatic carbocycles. The van der Waals surface area contributed by atoms with Crippen molar-refractivity contribution in [3.8, 4) is 0 Å². The smallest absolute Gasteiger partial charge is 0.191 e. The number of halogens is 2. The van der Waals surface area contributed by atoms with Gasteiger partial charge in [0.15, 0.2) is 5.96 Å². The quantitative estimate of drug-likeness (QED) is 0.384. The summed E-state index contributed by atoms with van der Waals surface area (Å²) in [7, 11) is 1.84. The Labute approximate surface area is 164 Å². The molecule has 1 aliphatic heterocycles. The molecule has 4 nitrogen and oxygen atoms in total. The third kappa shape index (κ3) is 5.90. The summed E-state index contributed by atoms with van der Waals surface area (Å²) in [6.45, 7) is 3.26. The first-order valence-electron chi connectivity index (χ1n) is 8.20. The fourth-order valence-electron chi connectivity index (χ4n) is 3.02. The van der Waals surface area contributed by atoms with Gasteiger partial charge in [-0.25, -0.2) is 0 Å². The Hall–Kier alpha value is -0.340. The Bertz CT molecular complexity index is 508. The fourth-order valence-corrected chi connectivity index (χ4v) is 3.29. The molecule has 23 heavy (non-hydrogen) atoms. The molecule has 0 aromatic heterocycles. The summed E-state index contributed by atoms with van der Waals surface area (Å²) in [6, 6.07) is 9.83. The summed E-state index contributed by atoms with van der Waals surface area (Å²) in [5.74, 6) is 0.910. The number of likely N-dealkylation sites (tertiary alicyclic amines) is 1. The largest absolute Gasteiger partial charge is 0.354 e. The van der Waals surface area contributed by atoms with E-state index >= 15 is 0 Å². The number of hydrogen-bond acceptors (Lipinski definition) is 2. The lowest BCUT2D eigenvalue weighted by Crippen LogP contribution is -2.48. The molecule has 0 atom stereocenters. The van der Waals surface area contributed by atoms with Crippen molar-refractivity contribution in [2.24, 2.45) is 4.99 Å². The predicted molar refractivity (Wildman–Crippen MR) is 111 cm³/mol. The zero-order chi connectivity index (χ0) is 15.4. The minimum atomic E-state index is 0. The number of nitrogens with one attached hydrogen (secondary N) is 2. The van der Waals surface area contributed by atoms with E-state index in [1.807, 2.05) is 7.05 Å². The molecule has 128 valence electrons. The Kier molecular flexibility index (Phi) is 7.62. The molecule has 0 unspecified atom stereocenters. The van der Waals surface area contributed by atoms with E-state index in [1.165, 1.54) is 44.3 Å². The number of hydrogen-bond donors (Lipinski definition) is 2. The van der Waals surface area contributed by atoms with E-state index in [9.17, 15) is 0 Å². The van der Waals surface area contributed by atoms with Gasteiger partial charge in [-0.2, -0.15) is 0 Å². The van der Waals surface area contributed by atoms with Gasteiger partial charge in [0.1, 0.15) is 0 Å². The normalized spacial score (nSPS) is 20.0. The molecule has 1 heterocycles. The maximum atomic E-state index is 4.35. The fraction of sp³-hybridized carbons (Fsp3) is 0.588. The van der Waals surface area contributed by atoms with Crippen molar-refractivity contribution in [2.45, 2.75) is 44.3 Å². The molecule has 0 radical (unpaired) electrons. The molecule has 0 amide bonds. The van der Waals surface area contributed by atoms with Crippen LogP contribution in [0.1, 0.15) is 31.2 Å². The zero-order valence-corrected chi connectivity index (χ0v) is 17.5. The maximum absolute atomic E-state index is 4.35. The zero-order valence-electron chi connectivity index (χ0n) is 13.6. The summed E-state index contributed by atoms with van der Waals surface area (Å²) >= 11 is 3.46. The van der Waals surface area contributed by atoms with Crippen molar-refractivity contribution in [3.05, 3.63) is 34.3 Å². The number of aliphatic imine (C=N–C) groups is 1. The molecule has 2 N–H and O–H groups in total. The van der Waals surface area contributed by atoms with Gasteiger partial charge < -0.3 is 15.5 Å². The van der Waals surface area contributed by atoms with E-state index in [0.29, 0.717) is 6.04 Å². The molecule has 2 fully saturated rings. The van der Waals surface area contributed by atoms with Gasteiger partial charge in [-0.1, -0.05) is 28.1 Å². The lowest BCUT2D eigenvalue weighted by Gasteiger charge is -2.33. The van der Waals surface area contributed by atoms with Gasteiger partial charge in [0, 0.05) is 43.2 Å². The van der Waals surface area contributed by atoms with Gasteiger partial charge in [-0.15, -0.1) is 24.0 Å². The van der Waals surface area contributed by atoms with Gasteiger partial charge in [-0.3, -0.25) is 4.99 Å². The number of benzene rings is 1. The summed E-state index contributed by atoms with van der Waals surface area (Å²) in [5.41, 5.74) is 1.26. The summed E-state index contributed by atoms with van der Waals surface area (Å²) < 4.78 is 1.11. The molecule has 1 saturated heterocycles. The third-order valence-corrected chi connectivity index (χ3v) is 5.06. The van der Waals surface area contributed by atoms with Crippen molar-refractivity contribution >= 4 is 45.9 Å². The van der Waals surface area contributed by atoms with E-state index < -0.39 is 0 Å². The van der Waals surface area contributed by atoms with Crippen molar-refractivity contribution < 1.29 is 0 Å². The summed E-state index contributed by atoms with van der Waals surface area (Å²) in [5, 5.41) is 6.98. The molecule has 1 aromatic rings. The maximum Gasteiger partial charge on any atom is 0.191 e. The van der Waals surface area contributed by atoms with Crippen LogP contribution in [0.5, 0.6) is 0 Å². The minimum Gasteiger partial charge on any atom is -0.354 e. The standard InChI is InChI=1S/C17H25BrN4.HI/c1-19-17(20-12-13-2-4-14(18)5-3-13)21-15-8-10-22(11-9-15)16-6-7-16;/h2-5,15-16H,6-12H2,1H3,(H2,19,20,21);1H. The first-order valence-corrected chi connectivity index (χ1v) is 8.99. The van der Waals surface area contributed by atoms with Crippen LogP contribution in [-0.2, 0) is 6.54 Å². The van der Waals surface area contributed by atoms with E-state index in [1.54, 1.807) is 0 Å². The monoisotopic (exact) mass is 492 g/mol. The summed E-state index contributed by atoms with van der Waals surface area (Å²) in [4.78, 5) is 7.00. The van der Waals surface area contributed by atoms with Crippen LogP contribution in [0.4, 0.5) is 0 Å². The molecule has 0 bridgehead atoms. The number of piperidine rings is 1. The van der Waals surface area contributed by atoms with Crippen molar-refractivity contribution in [3.63, 3.8) is 0 Å². The lowest BCUT2D eigenvalue weighted by molar-refractivity contribution is 0.197. The molecular weight excluding hydrogens is 467 g/mol. The number of guanidine groups is 1. The molecule has 0 spiro atoms. The van der Waals surface area contributed by atoms with Gasteiger partial charge >= 0.3 is 0 Å². The number of nitrogens with zero attached hydrogens (tertiary/aromatic N) is 2. The second-order valence-corrected chi connectivity index (χ2v) is 7.15. The Balaban J connectivity index is 0.00000192. The molecule has 6 heteroatoms. The van der Waals surface area contributed by atoms with Crippen LogP contribution in [0, 0.1) is 0 Å². The van der Waals surface area contributed by atoms with Gasteiger partial charge in [-0.05, 0) is 43.4 Å². The van der Waals surface area contributed by atoms with Crippen LogP contribution >= 0.6 is 39.9 Å². The van der Waals surface area contributed by atoms with Crippen LogP contribution in [0.25, 0.3) is 0 Å². The SMILES string of the molecule is CN=C(NCc1ccc(Br)cc1)NC1CCN(C2CC2)CC1.I. The average molecular weight is 493 g/mol. The predicted octanol–water partition coefficient (Wildman–Crippen LogP) is 3.36. The number of rotatable bonds is 4. The van der Waals surface area contributed by atoms with Gasteiger partial charge in [0.2, 0.25) is 0 Å². The Morgan fingerprint density at radius 1 is 1.17 bits per heavy atom. The second-order valence-electron chi connectivity index (χ2n) is 6.24. The van der Waals surface area contributed by atoms with Crippen molar-refractivity contribution in [2.75, 3.05) is 20.1 Å². The highest BCUT2D eigenvalue weighted by molar-refractivity contribution is 14.0. The highest BCUT2D eigenvalue weighted by Gasteiger charge is 2.31. The molecule has 1 aromatic carbocycles. The van der Waals surface area contributed by atoms with E-state index in [0.717, 1.165) is 23.0 Å². The first kappa shape index (κ1) is 19.0. The molecular formula is C17H26BrIN4. The lowest BCUT2D eigenvalue weighted by atomic mass is 10.1. The van der Waals surface area contributed by atoms with E-state index in [-0.39, 0.29) is 24.0 Å². The van der Waals surface area contributed by atoms with Gasteiger partial charge in [0.05, 0.1) is 0 Å². The topological polar surface area (TPSA) is 39.7 Å². The van der Waals surface area contributed by atoms with Gasteiger partial charge in [0.25, 0.3) is 0 Å². The Morgan fingerprint density at radius 2 is 1.83 bits per heavy atom. The van der Waals surface area contributed by atoms with Crippen LogP contribution in [0.2, 0.25) is 0 Å². The highest BCUT2D eigenvalue weighted by atomic mass is 127. The van der Waals surface area contributed by atoms with Crippen LogP contribution in [-0.4, -0.2) is 43.1 Å². The van der Waals surface area contributed by atoms with Crippen LogP contribution in [0.15, 0.2) is 33.7 Å². The van der Waals surface area contributed by atoms with Crippen LogP contribution in [0.3, 0.4) is 0 Å². The van der Waals surface area contributed by atoms with E-state index in [4.69, 9.17) is 0 Å². The highest BCUT2D eigenvalue weighted by Crippen LogP contribution is 2.29.